The molecule has 0 radical (unpaired) electrons. The number of benzene rings is 1. The Bertz CT molecular complexity index is 440. The monoisotopic (exact) mass is 346 g/mol. The van der Waals surface area contributed by atoms with Gasteiger partial charge in [0.1, 0.15) is 12.2 Å². The zero-order valence-electron chi connectivity index (χ0n) is 11.5. The van der Waals surface area contributed by atoms with Crippen molar-refractivity contribution in [2.75, 3.05) is 27.4 Å². The molecule has 5 nitrogen and oxygen atoms in total. The summed E-state index contributed by atoms with van der Waals surface area (Å²) >= 11 is 3.44. The second-order valence-electron chi connectivity index (χ2n) is 4.56. The summed E-state index contributed by atoms with van der Waals surface area (Å²) in [5.74, 6) is 1.28. The molecule has 0 bridgehead atoms. The maximum absolute atomic E-state index is 9.76. The fourth-order valence-electron chi connectivity index (χ4n) is 2.07. The molecule has 0 aromatic heterocycles. The van der Waals surface area contributed by atoms with E-state index < -0.39 is 6.10 Å². The Balaban J connectivity index is 1.99. The van der Waals surface area contributed by atoms with Crippen molar-refractivity contribution in [3.8, 4) is 11.5 Å². The zero-order chi connectivity index (χ0) is 14.5. The fourth-order valence-corrected chi connectivity index (χ4v) is 2.52. The van der Waals surface area contributed by atoms with E-state index in [1.807, 2.05) is 18.2 Å². The molecule has 20 heavy (non-hydrogen) atoms. The highest BCUT2D eigenvalue weighted by atomic mass is 79.9. The molecule has 1 saturated carbocycles. The van der Waals surface area contributed by atoms with Gasteiger partial charge in [-0.05, 0) is 28.1 Å². The molecule has 1 aromatic carbocycles. The van der Waals surface area contributed by atoms with E-state index in [9.17, 15) is 5.11 Å². The van der Waals surface area contributed by atoms with Crippen LogP contribution in [0.15, 0.2) is 22.7 Å². The van der Waals surface area contributed by atoms with Crippen LogP contribution in [-0.2, 0) is 9.47 Å². The highest BCUT2D eigenvalue weighted by Gasteiger charge is 2.43. The van der Waals surface area contributed by atoms with Gasteiger partial charge in [-0.2, -0.15) is 0 Å². The van der Waals surface area contributed by atoms with E-state index in [1.54, 1.807) is 14.2 Å². The summed E-state index contributed by atoms with van der Waals surface area (Å²) in [5.41, 5.74) is 0. The van der Waals surface area contributed by atoms with Crippen LogP contribution in [0.5, 0.6) is 11.5 Å². The van der Waals surface area contributed by atoms with Crippen LogP contribution in [0.4, 0.5) is 0 Å². The lowest BCUT2D eigenvalue weighted by Gasteiger charge is -2.41. The smallest absolute Gasteiger partial charge is 0.175 e. The van der Waals surface area contributed by atoms with Gasteiger partial charge in [-0.25, -0.2) is 0 Å². The van der Waals surface area contributed by atoms with Gasteiger partial charge in [0.15, 0.2) is 11.5 Å². The van der Waals surface area contributed by atoms with Gasteiger partial charge in [-0.1, -0.05) is 6.07 Å². The van der Waals surface area contributed by atoms with Gasteiger partial charge in [-0.15, -0.1) is 0 Å². The van der Waals surface area contributed by atoms with Crippen LogP contribution < -0.4 is 9.47 Å². The summed E-state index contributed by atoms with van der Waals surface area (Å²) in [6.45, 7) is 0.930. The molecular formula is C14H19BrO5. The standard InChI is InChI=1S/C14H19BrO5/c1-17-6-7-19-14-10(16)8-12(14)20-13-9(15)4-3-5-11(13)18-2/h3-5,10,12,14,16H,6-8H2,1-2H3. The summed E-state index contributed by atoms with van der Waals surface area (Å²) in [7, 11) is 3.21. The second-order valence-corrected chi connectivity index (χ2v) is 5.41. The first-order chi connectivity index (χ1) is 9.67. The minimum Gasteiger partial charge on any atom is -0.493 e. The molecule has 0 amide bonds. The molecule has 1 aromatic rings. The van der Waals surface area contributed by atoms with Gasteiger partial charge in [0, 0.05) is 13.5 Å². The molecule has 2 rings (SSSR count). The lowest BCUT2D eigenvalue weighted by atomic mass is 9.88. The minimum atomic E-state index is -0.495. The van der Waals surface area contributed by atoms with Crippen LogP contribution in [0.25, 0.3) is 0 Å². The van der Waals surface area contributed by atoms with E-state index in [0.29, 0.717) is 31.1 Å². The highest BCUT2D eigenvalue weighted by molar-refractivity contribution is 9.10. The third kappa shape index (κ3) is 3.44. The average Bonchev–Trinajstić information content (AvgIpc) is 2.44. The second kappa shape index (κ2) is 7.26. The van der Waals surface area contributed by atoms with Crippen LogP contribution in [-0.4, -0.2) is 50.9 Å². The predicted octanol–water partition coefficient (Wildman–Crippen LogP) is 2.00. The van der Waals surface area contributed by atoms with Gasteiger partial charge < -0.3 is 24.1 Å². The van der Waals surface area contributed by atoms with Crippen molar-refractivity contribution in [1.82, 2.24) is 0 Å². The van der Waals surface area contributed by atoms with Crippen LogP contribution in [0.1, 0.15) is 6.42 Å². The van der Waals surface area contributed by atoms with Crippen LogP contribution in [0.3, 0.4) is 0 Å². The molecule has 0 aliphatic heterocycles. The largest absolute Gasteiger partial charge is 0.493 e. The number of hydrogen-bond donors (Lipinski definition) is 1. The minimum absolute atomic E-state index is 0.186. The van der Waals surface area contributed by atoms with Gasteiger partial charge in [0.25, 0.3) is 0 Å². The Labute approximate surface area is 126 Å². The van der Waals surface area contributed by atoms with Crippen molar-refractivity contribution >= 4 is 15.9 Å². The van der Waals surface area contributed by atoms with E-state index in [1.165, 1.54) is 0 Å². The number of ether oxygens (including phenoxy) is 4. The molecule has 3 unspecified atom stereocenters. The Hall–Kier alpha value is -0.820. The van der Waals surface area contributed by atoms with E-state index in [4.69, 9.17) is 18.9 Å². The molecule has 6 heteroatoms. The Morgan fingerprint density at radius 3 is 2.75 bits per heavy atom. The van der Waals surface area contributed by atoms with Crippen molar-refractivity contribution in [3.05, 3.63) is 22.7 Å². The van der Waals surface area contributed by atoms with E-state index in [2.05, 4.69) is 15.9 Å². The van der Waals surface area contributed by atoms with Crippen molar-refractivity contribution in [1.29, 1.82) is 0 Å². The lowest BCUT2D eigenvalue weighted by Crippen LogP contribution is -2.55. The molecule has 1 fully saturated rings. The van der Waals surface area contributed by atoms with Crippen molar-refractivity contribution in [2.24, 2.45) is 0 Å². The zero-order valence-corrected chi connectivity index (χ0v) is 13.1. The van der Waals surface area contributed by atoms with Gasteiger partial charge in [0.05, 0.1) is 30.9 Å². The normalized spacial score (nSPS) is 25.1. The maximum Gasteiger partial charge on any atom is 0.175 e. The van der Waals surface area contributed by atoms with Crippen molar-refractivity contribution < 1.29 is 24.1 Å². The first-order valence-electron chi connectivity index (χ1n) is 6.45. The quantitative estimate of drug-likeness (QED) is 0.765. The lowest BCUT2D eigenvalue weighted by molar-refractivity contribution is -0.167. The summed E-state index contributed by atoms with van der Waals surface area (Å²) < 4.78 is 22.5. The summed E-state index contributed by atoms with van der Waals surface area (Å²) in [6, 6.07) is 5.58. The topological polar surface area (TPSA) is 57.2 Å². The molecule has 0 heterocycles. The molecule has 3 atom stereocenters. The Morgan fingerprint density at radius 1 is 1.30 bits per heavy atom. The van der Waals surface area contributed by atoms with Gasteiger partial charge >= 0.3 is 0 Å². The van der Waals surface area contributed by atoms with Crippen molar-refractivity contribution in [2.45, 2.75) is 24.7 Å². The third-order valence-electron chi connectivity index (χ3n) is 3.24. The third-order valence-corrected chi connectivity index (χ3v) is 3.86. The number of methoxy groups -OCH3 is 2. The van der Waals surface area contributed by atoms with E-state index >= 15 is 0 Å². The first kappa shape index (κ1) is 15.6. The number of aliphatic hydroxyl groups is 1. The SMILES string of the molecule is COCCOC1C(O)CC1Oc1c(Br)cccc1OC. The van der Waals surface area contributed by atoms with Gasteiger partial charge in [-0.3, -0.25) is 0 Å². The summed E-state index contributed by atoms with van der Waals surface area (Å²) in [6.07, 6.45) is -0.468. The molecule has 112 valence electrons. The number of halogens is 1. The molecule has 1 aliphatic rings. The first-order valence-corrected chi connectivity index (χ1v) is 7.24. The fraction of sp³-hybridized carbons (Fsp3) is 0.571. The summed E-state index contributed by atoms with van der Waals surface area (Å²) in [5, 5.41) is 9.76. The van der Waals surface area contributed by atoms with Gasteiger partial charge in [0.2, 0.25) is 0 Å². The molecule has 1 aliphatic carbocycles. The average molecular weight is 347 g/mol. The number of rotatable bonds is 7. The van der Waals surface area contributed by atoms with E-state index in [0.717, 1.165) is 4.47 Å². The molecular weight excluding hydrogens is 328 g/mol. The van der Waals surface area contributed by atoms with Crippen LogP contribution in [0, 0.1) is 0 Å². The molecule has 1 N–H and O–H groups in total. The van der Waals surface area contributed by atoms with Crippen molar-refractivity contribution in [3.63, 3.8) is 0 Å². The molecule has 0 spiro atoms. The number of aliphatic hydroxyl groups excluding tert-OH is 1. The number of hydrogen-bond acceptors (Lipinski definition) is 5. The predicted molar refractivity (Wildman–Crippen MR) is 77.3 cm³/mol. The van der Waals surface area contributed by atoms with E-state index in [-0.39, 0.29) is 12.2 Å². The van der Waals surface area contributed by atoms with Crippen LogP contribution in [0.2, 0.25) is 0 Å². The Kier molecular flexibility index (Phi) is 5.65. The number of para-hydroxylation sites is 1. The molecule has 0 saturated heterocycles. The Morgan fingerprint density at radius 2 is 2.10 bits per heavy atom. The van der Waals surface area contributed by atoms with Crippen LogP contribution >= 0.6 is 15.9 Å². The summed E-state index contributed by atoms with van der Waals surface area (Å²) in [4.78, 5) is 0. The highest BCUT2D eigenvalue weighted by Crippen LogP contribution is 2.39. The maximum atomic E-state index is 9.76.